The van der Waals surface area contributed by atoms with Crippen LogP contribution in [0.2, 0.25) is 0 Å². The third-order valence-electron chi connectivity index (χ3n) is 3.82. The lowest BCUT2D eigenvalue weighted by Gasteiger charge is -2.40. The summed E-state index contributed by atoms with van der Waals surface area (Å²) in [6, 6.07) is 10.1. The molecule has 0 spiro atoms. The highest BCUT2D eigenvalue weighted by Crippen LogP contribution is 2.30. The molecule has 5 nitrogen and oxygen atoms in total. The third kappa shape index (κ3) is 6.59. The Balaban J connectivity index is 1.75. The summed E-state index contributed by atoms with van der Waals surface area (Å²) in [5.41, 5.74) is 1.16. The fraction of sp³-hybridized carbons (Fsp3) is 0.632. The Kier molecular flexibility index (Phi) is 7.21. The number of ether oxygens (including phenoxy) is 4. The average Bonchev–Trinajstić information content (AvgIpc) is 2.51. The minimum Gasteiger partial charge on any atom is -0.466 e. The van der Waals surface area contributed by atoms with Gasteiger partial charge < -0.3 is 18.9 Å². The fourth-order valence-corrected chi connectivity index (χ4v) is 2.91. The Bertz CT molecular complexity index is 500. The van der Waals surface area contributed by atoms with Gasteiger partial charge in [0.1, 0.15) is 0 Å². The Morgan fingerprint density at radius 2 is 1.92 bits per heavy atom. The predicted octanol–water partition coefficient (Wildman–Crippen LogP) is 3.46. The topological polar surface area (TPSA) is 54.0 Å². The molecule has 134 valence electrons. The van der Waals surface area contributed by atoms with E-state index in [0.717, 1.165) is 12.0 Å². The molecule has 0 saturated carbocycles. The molecule has 0 amide bonds. The zero-order chi connectivity index (χ0) is 17.4. The first kappa shape index (κ1) is 18.9. The molecule has 1 aliphatic rings. The number of carbonyl (C=O) groups is 1. The van der Waals surface area contributed by atoms with Crippen LogP contribution in [0.5, 0.6) is 0 Å². The molecule has 1 heterocycles. The number of rotatable bonds is 8. The first-order valence-corrected chi connectivity index (χ1v) is 8.61. The van der Waals surface area contributed by atoms with Gasteiger partial charge in [0.25, 0.3) is 0 Å². The SMILES string of the molecule is CCOC(=O)C[C@@H]1C[C@@H](CCOCc2ccccc2)OC(C)(C)O1. The molecule has 1 aliphatic heterocycles. The van der Waals surface area contributed by atoms with Crippen LogP contribution in [0.25, 0.3) is 0 Å². The Morgan fingerprint density at radius 3 is 2.62 bits per heavy atom. The first-order chi connectivity index (χ1) is 11.5. The van der Waals surface area contributed by atoms with Gasteiger partial charge in [-0.05, 0) is 32.8 Å². The van der Waals surface area contributed by atoms with Gasteiger partial charge in [0, 0.05) is 13.0 Å². The minimum atomic E-state index is -0.695. The third-order valence-corrected chi connectivity index (χ3v) is 3.82. The van der Waals surface area contributed by atoms with Crippen LogP contribution in [0.15, 0.2) is 30.3 Å². The average molecular weight is 336 g/mol. The Hall–Kier alpha value is -1.43. The van der Waals surface area contributed by atoms with Crippen LogP contribution in [-0.4, -0.2) is 37.2 Å². The van der Waals surface area contributed by atoms with Crippen molar-refractivity contribution >= 4 is 5.97 Å². The van der Waals surface area contributed by atoms with Crippen LogP contribution in [-0.2, 0) is 30.3 Å². The van der Waals surface area contributed by atoms with Crippen LogP contribution >= 0.6 is 0 Å². The molecule has 2 rings (SSSR count). The lowest BCUT2D eigenvalue weighted by molar-refractivity contribution is -0.301. The van der Waals surface area contributed by atoms with Crippen LogP contribution in [0, 0.1) is 0 Å². The van der Waals surface area contributed by atoms with Crippen molar-refractivity contribution in [3.8, 4) is 0 Å². The molecule has 1 aromatic carbocycles. The molecule has 0 radical (unpaired) electrons. The van der Waals surface area contributed by atoms with Crippen molar-refractivity contribution in [2.45, 2.75) is 64.6 Å². The molecule has 0 unspecified atom stereocenters. The monoisotopic (exact) mass is 336 g/mol. The smallest absolute Gasteiger partial charge is 0.308 e. The summed E-state index contributed by atoms with van der Waals surface area (Å²) in [7, 11) is 0. The van der Waals surface area contributed by atoms with Gasteiger partial charge in [-0.25, -0.2) is 0 Å². The van der Waals surface area contributed by atoms with Gasteiger partial charge in [0.2, 0.25) is 0 Å². The molecule has 1 fully saturated rings. The standard InChI is InChI=1S/C19H28O5/c1-4-22-18(20)13-17-12-16(23-19(2,3)24-17)10-11-21-14-15-8-6-5-7-9-15/h5-9,16-17H,4,10-14H2,1-3H3/t16-,17+/m1/s1. The van der Waals surface area contributed by atoms with E-state index in [1.54, 1.807) is 6.92 Å². The van der Waals surface area contributed by atoms with Gasteiger partial charge >= 0.3 is 5.97 Å². The minimum absolute atomic E-state index is 0.0175. The number of benzene rings is 1. The normalized spacial score (nSPS) is 23.0. The van der Waals surface area contributed by atoms with Crippen LogP contribution in [0.4, 0.5) is 0 Å². The highest BCUT2D eigenvalue weighted by atomic mass is 16.7. The maximum Gasteiger partial charge on any atom is 0.308 e. The van der Waals surface area contributed by atoms with E-state index in [1.165, 1.54) is 0 Å². The number of carbonyl (C=O) groups excluding carboxylic acids is 1. The second-order valence-corrected chi connectivity index (χ2v) is 6.45. The number of hydrogen-bond acceptors (Lipinski definition) is 5. The zero-order valence-electron chi connectivity index (χ0n) is 14.8. The maximum absolute atomic E-state index is 11.7. The van der Waals surface area contributed by atoms with E-state index in [0.29, 0.717) is 26.2 Å². The molecule has 0 aromatic heterocycles. The van der Waals surface area contributed by atoms with Crippen molar-refractivity contribution in [3.05, 3.63) is 35.9 Å². The summed E-state index contributed by atoms with van der Waals surface area (Å²) < 4.78 is 22.5. The predicted molar refractivity (Wildman–Crippen MR) is 90.4 cm³/mol. The van der Waals surface area contributed by atoms with Crippen molar-refractivity contribution < 1.29 is 23.7 Å². The quantitative estimate of drug-likeness (QED) is 0.537. The Morgan fingerprint density at radius 1 is 1.21 bits per heavy atom. The lowest BCUT2D eigenvalue weighted by atomic mass is 10.0. The summed E-state index contributed by atoms with van der Waals surface area (Å²) in [4.78, 5) is 11.7. The van der Waals surface area contributed by atoms with Gasteiger partial charge in [-0.3, -0.25) is 4.79 Å². The number of hydrogen-bond donors (Lipinski definition) is 0. The molecule has 5 heteroatoms. The van der Waals surface area contributed by atoms with E-state index in [2.05, 4.69) is 0 Å². The molecule has 0 bridgehead atoms. The molecule has 24 heavy (non-hydrogen) atoms. The van der Waals surface area contributed by atoms with Crippen molar-refractivity contribution in [2.24, 2.45) is 0 Å². The molecule has 2 atom stereocenters. The molecule has 0 N–H and O–H groups in total. The summed E-state index contributed by atoms with van der Waals surface area (Å²) in [5.74, 6) is -0.918. The van der Waals surface area contributed by atoms with Gasteiger partial charge in [-0.1, -0.05) is 30.3 Å². The maximum atomic E-state index is 11.7. The van der Waals surface area contributed by atoms with Gasteiger partial charge in [-0.15, -0.1) is 0 Å². The largest absolute Gasteiger partial charge is 0.466 e. The van der Waals surface area contributed by atoms with Gasteiger partial charge in [0.05, 0.1) is 31.8 Å². The van der Waals surface area contributed by atoms with Crippen molar-refractivity contribution in [1.82, 2.24) is 0 Å². The van der Waals surface area contributed by atoms with E-state index in [9.17, 15) is 4.79 Å². The van der Waals surface area contributed by atoms with E-state index >= 15 is 0 Å². The molecule has 0 aliphatic carbocycles. The summed E-state index contributed by atoms with van der Waals surface area (Å²) in [6.07, 6.45) is 1.56. The van der Waals surface area contributed by atoms with Gasteiger partial charge in [0.15, 0.2) is 5.79 Å². The van der Waals surface area contributed by atoms with Crippen LogP contribution in [0.1, 0.15) is 45.6 Å². The van der Waals surface area contributed by atoms with Gasteiger partial charge in [-0.2, -0.15) is 0 Å². The van der Waals surface area contributed by atoms with Crippen molar-refractivity contribution in [2.75, 3.05) is 13.2 Å². The summed E-state index contributed by atoms with van der Waals surface area (Å²) >= 11 is 0. The highest BCUT2D eigenvalue weighted by molar-refractivity contribution is 5.69. The van der Waals surface area contributed by atoms with E-state index in [-0.39, 0.29) is 24.6 Å². The molecular formula is C19H28O5. The zero-order valence-corrected chi connectivity index (χ0v) is 14.8. The summed E-state index contributed by atoms with van der Waals surface area (Å²) in [5, 5.41) is 0. The van der Waals surface area contributed by atoms with Crippen molar-refractivity contribution in [1.29, 1.82) is 0 Å². The van der Waals surface area contributed by atoms with E-state index in [4.69, 9.17) is 18.9 Å². The van der Waals surface area contributed by atoms with Crippen LogP contribution in [0.3, 0.4) is 0 Å². The van der Waals surface area contributed by atoms with Crippen molar-refractivity contribution in [3.63, 3.8) is 0 Å². The van der Waals surface area contributed by atoms with E-state index < -0.39 is 5.79 Å². The lowest BCUT2D eigenvalue weighted by Crippen LogP contribution is -2.45. The Labute approximate surface area is 144 Å². The number of esters is 1. The van der Waals surface area contributed by atoms with Crippen LogP contribution < -0.4 is 0 Å². The molecule has 1 aromatic rings. The fourth-order valence-electron chi connectivity index (χ4n) is 2.91. The first-order valence-electron chi connectivity index (χ1n) is 8.61. The molecular weight excluding hydrogens is 308 g/mol. The second-order valence-electron chi connectivity index (χ2n) is 6.45. The second kappa shape index (κ2) is 9.16. The summed E-state index contributed by atoms with van der Waals surface area (Å²) in [6.45, 7) is 7.16. The highest BCUT2D eigenvalue weighted by Gasteiger charge is 2.36. The van der Waals surface area contributed by atoms with E-state index in [1.807, 2.05) is 44.2 Å². The molecule has 1 saturated heterocycles.